The van der Waals surface area contributed by atoms with Crippen LogP contribution in [0.2, 0.25) is 10.0 Å². The number of rotatable bonds is 4. The van der Waals surface area contributed by atoms with Crippen LogP contribution in [0.3, 0.4) is 0 Å². The summed E-state index contributed by atoms with van der Waals surface area (Å²) in [7, 11) is 0. The van der Waals surface area contributed by atoms with Gasteiger partial charge in [-0.15, -0.1) is 12.4 Å². The molecule has 0 saturated heterocycles. The van der Waals surface area contributed by atoms with Crippen molar-refractivity contribution in [3.05, 3.63) is 33.8 Å². The zero-order valence-electron chi connectivity index (χ0n) is 8.32. The van der Waals surface area contributed by atoms with Gasteiger partial charge in [-0.1, -0.05) is 29.3 Å². The minimum absolute atomic E-state index is 0. The number of carboxylic acids is 1. The summed E-state index contributed by atoms with van der Waals surface area (Å²) < 4.78 is 0. The number of hydrogen-bond acceptors (Lipinski definition) is 2. The molecule has 0 amide bonds. The van der Waals surface area contributed by atoms with Crippen LogP contribution in [-0.4, -0.2) is 11.1 Å². The van der Waals surface area contributed by atoms with E-state index in [2.05, 4.69) is 0 Å². The van der Waals surface area contributed by atoms with E-state index in [1.807, 2.05) is 0 Å². The van der Waals surface area contributed by atoms with Crippen LogP contribution >= 0.6 is 35.6 Å². The van der Waals surface area contributed by atoms with Crippen LogP contribution < -0.4 is 5.73 Å². The van der Waals surface area contributed by atoms with Crippen molar-refractivity contribution in [2.75, 3.05) is 0 Å². The Morgan fingerprint density at radius 2 is 2.00 bits per heavy atom. The van der Waals surface area contributed by atoms with Gasteiger partial charge in [0.2, 0.25) is 0 Å². The van der Waals surface area contributed by atoms with Gasteiger partial charge in [0.15, 0.2) is 0 Å². The molecule has 1 atom stereocenters. The Bertz CT molecular complexity index is 371. The molecular weight excluding hydrogens is 272 g/mol. The SMILES string of the molecule is Cl.NC(CCC(=O)O)c1ccc(Cl)c(Cl)c1. The molecule has 0 fully saturated rings. The van der Waals surface area contributed by atoms with Gasteiger partial charge < -0.3 is 10.8 Å². The van der Waals surface area contributed by atoms with Gasteiger partial charge in [0.25, 0.3) is 0 Å². The molecule has 3 N–H and O–H groups in total. The minimum atomic E-state index is -0.856. The van der Waals surface area contributed by atoms with Crippen molar-refractivity contribution in [3.63, 3.8) is 0 Å². The van der Waals surface area contributed by atoms with Gasteiger partial charge >= 0.3 is 5.97 Å². The van der Waals surface area contributed by atoms with E-state index in [0.29, 0.717) is 16.5 Å². The summed E-state index contributed by atoms with van der Waals surface area (Å²) in [5.41, 5.74) is 6.59. The molecular formula is C10H12Cl3NO2. The Morgan fingerprint density at radius 1 is 1.38 bits per heavy atom. The molecule has 1 rings (SSSR count). The van der Waals surface area contributed by atoms with Crippen LogP contribution in [0.15, 0.2) is 18.2 Å². The molecule has 16 heavy (non-hydrogen) atoms. The number of nitrogens with two attached hydrogens (primary N) is 1. The highest BCUT2D eigenvalue weighted by molar-refractivity contribution is 6.42. The molecule has 0 aliphatic heterocycles. The molecule has 1 aromatic rings. The fraction of sp³-hybridized carbons (Fsp3) is 0.300. The third kappa shape index (κ3) is 4.58. The normalized spacial score (nSPS) is 11.7. The number of benzene rings is 1. The Labute approximate surface area is 110 Å². The van der Waals surface area contributed by atoms with Crippen LogP contribution in [0.5, 0.6) is 0 Å². The molecule has 0 radical (unpaired) electrons. The number of aliphatic carboxylic acids is 1. The molecule has 90 valence electrons. The maximum atomic E-state index is 10.4. The summed E-state index contributed by atoms with van der Waals surface area (Å²) in [5.74, 6) is -0.856. The van der Waals surface area contributed by atoms with Crippen molar-refractivity contribution >= 4 is 41.6 Å². The third-order valence-electron chi connectivity index (χ3n) is 2.04. The maximum absolute atomic E-state index is 10.4. The van der Waals surface area contributed by atoms with E-state index >= 15 is 0 Å². The molecule has 6 heteroatoms. The lowest BCUT2D eigenvalue weighted by Crippen LogP contribution is -2.12. The molecule has 0 aliphatic rings. The molecule has 0 spiro atoms. The van der Waals surface area contributed by atoms with Gasteiger partial charge in [-0.3, -0.25) is 4.79 Å². The second kappa shape index (κ2) is 6.97. The predicted molar refractivity (Wildman–Crippen MR) is 67.5 cm³/mol. The first kappa shape index (κ1) is 15.5. The quantitative estimate of drug-likeness (QED) is 0.892. The molecule has 0 bridgehead atoms. The zero-order valence-corrected chi connectivity index (χ0v) is 10.6. The van der Waals surface area contributed by atoms with E-state index in [1.165, 1.54) is 0 Å². The number of halogens is 3. The van der Waals surface area contributed by atoms with Crippen molar-refractivity contribution in [2.45, 2.75) is 18.9 Å². The molecule has 0 aromatic heterocycles. The Kier molecular flexibility index (Phi) is 6.76. The number of carboxylic acid groups (broad SMARTS) is 1. The topological polar surface area (TPSA) is 63.3 Å². The molecule has 0 saturated carbocycles. The van der Waals surface area contributed by atoms with E-state index in [1.54, 1.807) is 18.2 Å². The zero-order chi connectivity index (χ0) is 11.4. The summed E-state index contributed by atoms with van der Waals surface area (Å²) >= 11 is 11.6. The average Bonchev–Trinajstić information content (AvgIpc) is 2.18. The Hall–Kier alpha value is -0.480. The van der Waals surface area contributed by atoms with Gasteiger partial charge in [-0.25, -0.2) is 0 Å². The highest BCUT2D eigenvalue weighted by atomic mass is 35.5. The maximum Gasteiger partial charge on any atom is 0.303 e. The van der Waals surface area contributed by atoms with E-state index in [4.69, 9.17) is 34.0 Å². The predicted octanol–water partition coefficient (Wildman–Crippen LogP) is 3.28. The molecule has 3 nitrogen and oxygen atoms in total. The smallest absolute Gasteiger partial charge is 0.303 e. The van der Waals surface area contributed by atoms with Gasteiger partial charge in [0.1, 0.15) is 0 Å². The number of hydrogen-bond donors (Lipinski definition) is 2. The fourth-order valence-electron chi connectivity index (χ4n) is 1.19. The molecule has 1 unspecified atom stereocenters. The van der Waals surface area contributed by atoms with E-state index in [0.717, 1.165) is 5.56 Å². The summed E-state index contributed by atoms with van der Waals surface area (Å²) in [4.78, 5) is 10.4. The van der Waals surface area contributed by atoms with Crippen LogP contribution in [0.4, 0.5) is 0 Å². The Morgan fingerprint density at radius 3 is 2.50 bits per heavy atom. The van der Waals surface area contributed by atoms with Gasteiger partial charge in [-0.05, 0) is 24.1 Å². The molecule has 1 aromatic carbocycles. The summed E-state index contributed by atoms with van der Waals surface area (Å²) in [6, 6.07) is 4.74. The van der Waals surface area contributed by atoms with Crippen LogP contribution in [0.1, 0.15) is 24.4 Å². The minimum Gasteiger partial charge on any atom is -0.481 e. The lowest BCUT2D eigenvalue weighted by atomic mass is 10.0. The standard InChI is InChI=1S/C10H11Cl2NO2.ClH/c11-7-2-1-6(5-8(7)12)9(13)3-4-10(14)15;/h1-2,5,9H,3-4,13H2,(H,14,15);1H. The van der Waals surface area contributed by atoms with Gasteiger partial charge in [0, 0.05) is 12.5 Å². The molecule has 0 aliphatic carbocycles. The van der Waals surface area contributed by atoms with Crippen molar-refractivity contribution in [1.29, 1.82) is 0 Å². The van der Waals surface area contributed by atoms with Crippen molar-refractivity contribution < 1.29 is 9.90 Å². The second-order valence-electron chi connectivity index (χ2n) is 3.21. The second-order valence-corrected chi connectivity index (χ2v) is 4.03. The van der Waals surface area contributed by atoms with Crippen molar-refractivity contribution in [1.82, 2.24) is 0 Å². The average molecular weight is 285 g/mol. The first-order valence-corrected chi connectivity index (χ1v) is 5.18. The largest absolute Gasteiger partial charge is 0.481 e. The highest BCUT2D eigenvalue weighted by Crippen LogP contribution is 2.26. The monoisotopic (exact) mass is 283 g/mol. The number of carbonyl (C=O) groups is 1. The van der Waals surface area contributed by atoms with E-state index in [9.17, 15) is 4.79 Å². The summed E-state index contributed by atoms with van der Waals surface area (Å²) in [6.07, 6.45) is 0.425. The lowest BCUT2D eigenvalue weighted by molar-refractivity contribution is -0.137. The van der Waals surface area contributed by atoms with Crippen molar-refractivity contribution in [3.8, 4) is 0 Å². The van der Waals surface area contributed by atoms with Crippen LogP contribution in [0.25, 0.3) is 0 Å². The van der Waals surface area contributed by atoms with Crippen molar-refractivity contribution in [2.24, 2.45) is 5.73 Å². The third-order valence-corrected chi connectivity index (χ3v) is 2.78. The first-order chi connectivity index (χ1) is 7.00. The first-order valence-electron chi connectivity index (χ1n) is 4.43. The van der Waals surface area contributed by atoms with Crippen LogP contribution in [0, 0.1) is 0 Å². The highest BCUT2D eigenvalue weighted by Gasteiger charge is 2.09. The van der Waals surface area contributed by atoms with Crippen LogP contribution in [-0.2, 0) is 4.79 Å². The lowest BCUT2D eigenvalue weighted by Gasteiger charge is -2.11. The van der Waals surface area contributed by atoms with E-state index < -0.39 is 5.97 Å². The van der Waals surface area contributed by atoms with Gasteiger partial charge in [0.05, 0.1) is 10.0 Å². The van der Waals surface area contributed by atoms with Gasteiger partial charge in [-0.2, -0.15) is 0 Å². The summed E-state index contributed by atoms with van der Waals surface area (Å²) in [5, 5.41) is 9.40. The summed E-state index contributed by atoms with van der Waals surface area (Å²) in [6.45, 7) is 0. The fourth-order valence-corrected chi connectivity index (χ4v) is 1.50. The van der Waals surface area contributed by atoms with E-state index in [-0.39, 0.29) is 24.9 Å². The molecule has 0 heterocycles. The Balaban J connectivity index is 0.00000225.